The Kier molecular flexibility index (Phi) is 7.26. The van der Waals surface area contributed by atoms with Crippen molar-refractivity contribution in [2.24, 2.45) is 0 Å². The van der Waals surface area contributed by atoms with Gasteiger partial charge in [-0.3, -0.25) is 9.80 Å². The molecule has 3 rings (SSSR count). The van der Waals surface area contributed by atoms with E-state index in [9.17, 15) is 14.0 Å². The minimum absolute atomic E-state index is 0.209. The largest absolute Gasteiger partial charge is 0.463 e. The number of ether oxygens (including phenoxy) is 1. The van der Waals surface area contributed by atoms with Crippen molar-refractivity contribution in [1.29, 1.82) is 0 Å². The standard InChI is InChI=1S/C23H30FN3O3/c1-4-12-27-19(15-26-13-7-6-9-16(26)3)20(22(28)30-5-2)21(25-23(27)29)17-10-8-11-18(24)14-17/h4,8,10-11,14,16,21H,1,5-7,9,12-13,15H2,2-3H3,(H,25,29)/t16-,21+/m0/s1. The zero-order chi connectivity index (χ0) is 21.7. The molecule has 162 valence electrons. The summed E-state index contributed by atoms with van der Waals surface area (Å²) in [5, 5.41) is 2.86. The van der Waals surface area contributed by atoms with E-state index in [1.54, 1.807) is 25.1 Å². The first-order chi connectivity index (χ1) is 14.5. The highest BCUT2D eigenvalue weighted by Crippen LogP contribution is 2.33. The Morgan fingerprint density at radius 1 is 1.40 bits per heavy atom. The van der Waals surface area contributed by atoms with Crippen LogP contribution in [0.2, 0.25) is 0 Å². The Balaban J connectivity index is 2.12. The Hall–Kier alpha value is -2.67. The zero-order valence-electron chi connectivity index (χ0n) is 17.7. The summed E-state index contributed by atoms with van der Waals surface area (Å²) >= 11 is 0. The van der Waals surface area contributed by atoms with Crippen LogP contribution in [-0.2, 0) is 9.53 Å². The molecule has 0 unspecified atom stereocenters. The number of likely N-dealkylation sites (tertiary alicyclic amines) is 1. The number of urea groups is 1. The monoisotopic (exact) mass is 415 g/mol. The van der Waals surface area contributed by atoms with Gasteiger partial charge in [-0.25, -0.2) is 14.0 Å². The fourth-order valence-corrected chi connectivity index (χ4v) is 4.17. The summed E-state index contributed by atoms with van der Waals surface area (Å²) in [6, 6.07) is 5.19. The summed E-state index contributed by atoms with van der Waals surface area (Å²) < 4.78 is 19.3. The van der Waals surface area contributed by atoms with Crippen LogP contribution in [0, 0.1) is 5.82 Å². The lowest BCUT2D eigenvalue weighted by Crippen LogP contribution is -2.52. The van der Waals surface area contributed by atoms with Gasteiger partial charge in [0, 0.05) is 24.8 Å². The van der Waals surface area contributed by atoms with E-state index in [4.69, 9.17) is 4.74 Å². The van der Waals surface area contributed by atoms with Crippen molar-refractivity contribution in [2.45, 2.75) is 45.2 Å². The van der Waals surface area contributed by atoms with Crippen LogP contribution in [-0.4, -0.2) is 54.1 Å². The van der Waals surface area contributed by atoms with E-state index in [-0.39, 0.29) is 19.2 Å². The van der Waals surface area contributed by atoms with Gasteiger partial charge in [0.15, 0.2) is 0 Å². The molecule has 0 saturated carbocycles. The smallest absolute Gasteiger partial charge is 0.338 e. The third-order valence-electron chi connectivity index (χ3n) is 5.72. The lowest BCUT2D eigenvalue weighted by molar-refractivity contribution is -0.139. The summed E-state index contributed by atoms with van der Waals surface area (Å²) in [7, 11) is 0. The van der Waals surface area contributed by atoms with Crippen LogP contribution in [0.15, 0.2) is 48.2 Å². The van der Waals surface area contributed by atoms with Crippen molar-refractivity contribution in [3.63, 3.8) is 0 Å². The molecule has 0 aliphatic carbocycles. The number of amides is 2. The quantitative estimate of drug-likeness (QED) is 0.544. The summed E-state index contributed by atoms with van der Waals surface area (Å²) in [5.41, 5.74) is 1.45. The first-order valence-corrected chi connectivity index (χ1v) is 10.5. The molecule has 6 nitrogen and oxygen atoms in total. The highest BCUT2D eigenvalue weighted by Gasteiger charge is 2.39. The highest BCUT2D eigenvalue weighted by molar-refractivity contribution is 5.95. The van der Waals surface area contributed by atoms with Crippen LogP contribution in [0.4, 0.5) is 9.18 Å². The van der Waals surface area contributed by atoms with Crippen molar-refractivity contribution in [2.75, 3.05) is 26.2 Å². The first kappa shape index (κ1) is 22.0. The van der Waals surface area contributed by atoms with Gasteiger partial charge in [0.1, 0.15) is 5.82 Å². The average molecular weight is 416 g/mol. The molecule has 2 amide bonds. The van der Waals surface area contributed by atoms with Crippen LogP contribution in [0.25, 0.3) is 0 Å². The van der Waals surface area contributed by atoms with Crippen molar-refractivity contribution in [3.05, 3.63) is 59.6 Å². The molecule has 0 radical (unpaired) electrons. The number of halogens is 1. The molecule has 7 heteroatoms. The van der Waals surface area contributed by atoms with Gasteiger partial charge in [-0.2, -0.15) is 0 Å². The van der Waals surface area contributed by atoms with E-state index in [2.05, 4.69) is 23.7 Å². The van der Waals surface area contributed by atoms with Gasteiger partial charge in [-0.15, -0.1) is 6.58 Å². The van der Waals surface area contributed by atoms with Crippen LogP contribution in [0.5, 0.6) is 0 Å². The molecule has 2 aliphatic heterocycles. The molecule has 0 aromatic heterocycles. The van der Waals surface area contributed by atoms with Crippen molar-refractivity contribution >= 4 is 12.0 Å². The second-order valence-electron chi connectivity index (χ2n) is 7.73. The van der Waals surface area contributed by atoms with E-state index in [1.807, 2.05) is 0 Å². The lowest BCUT2D eigenvalue weighted by Gasteiger charge is -2.40. The number of piperidine rings is 1. The van der Waals surface area contributed by atoms with E-state index in [0.29, 0.717) is 29.4 Å². The van der Waals surface area contributed by atoms with E-state index in [0.717, 1.165) is 19.4 Å². The number of hydrogen-bond acceptors (Lipinski definition) is 4. The Morgan fingerprint density at radius 2 is 2.20 bits per heavy atom. The number of rotatable bonds is 7. The maximum atomic E-state index is 13.9. The number of carbonyl (C=O) groups excluding carboxylic acids is 2. The number of carbonyl (C=O) groups is 2. The predicted molar refractivity (Wildman–Crippen MR) is 113 cm³/mol. The number of benzene rings is 1. The molecule has 2 heterocycles. The van der Waals surface area contributed by atoms with Gasteiger partial charge < -0.3 is 10.1 Å². The minimum Gasteiger partial charge on any atom is -0.463 e. The highest BCUT2D eigenvalue weighted by atomic mass is 19.1. The third-order valence-corrected chi connectivity index (χ3v) is 5.72. The molecule has 2 atom stereocenters. The molecule has 0 spiro atoms. The van der Waals surface area contributed by atoms with Crippen LogP contribution < -0.4 is 5.32 Å². The van der Waals surface area contributed by atoms with E-state index < -0.39 is 17.8 Å². The van der Waals surface area contributed by atoms with Gasteiger partial charge in [0.25, 0.3) is 0 Å². The molecular formula is C23H30FN3O3. The van der Waals surface area contributed by atoms with E-state index >= 15 is 0 Å². The molecule has 1 aromatic carbocycles. The number of esters is 1. The van der Waals surface area contributed by atoms with Crippen LogP contribution in [0.1, 0.15) is 44.7 Å². The summed E-state index contributed by atoms with van der Waals surface area (Å²) in [5.74, 6) is -0.926. The molecule has 30 heavy (non-hydrogen) atoms. The normalized spacial score (nSPS) is 22.6. The Bertz CT molecular complexity index is 839. The second-order valence-corrected chi connectivity index (χ2v) is 7.73. The maximum absolute atomic E-state index is 13.9. The zero-order valence-corrected chi connectivity index (χ0v) is 17.7. The van der Waals surface area contributed by atoms with Crippen molar-refractivity contribution < 1.29 is 18.7 Å². The SMILES string of the molecule is C=CCN1C(=O)N[C@H](c2cccc(F)c2)C(C(=O)OCC)=C1CN1CCCC[C@@H]1C. The van der Waals surface area contributed by atoms with Gasteiger partial charge in [-0.1, -0.05) is 24.6 Å². The number of nitrogens with one attached hydrogen (secondary N) is 1. The molecular weight excluding hydrogens is 385 g/mol. The summed E-state index contributed by atoms with van der Waals surface area (Å²) in [4.78, 5) is 29.9. The third kappa shape index (κ3) is 4.73. The minimum atomic E-state index is -0.775. The van der Waals surface area contributed by atoms with Crippen molar-refractivity contribution in [1.82, 2.24) is 15.1 Å². The summed E-state index contributed by atoms with van der Waals surface area (Å²) in [6.07, 6.45) is 4.95. The molecule has 2 aliphatic rings. The molecule has 1 saturated heterocycles. The topological polar surface area (TPSA) is 61.9 Å². The van der Waals surface area contributed by atoms with Gasteiger partial charge >= 0.3 is 12.0 Å². The summed E-state index contributed by atoms with van der Waals surface area (Å²) in [6.45, 7) is 9.48. The van der Waals surface area contributed by atoms with Gasteiger partial charge in [0.2, 0.25) is 0 Å². The van der Waals surface area contributed by atoms with Gasteiger partial charge in [0.05, 0.1) is 18.2 Å². The van der Waals surface area contributed by atoms with Crippen LogP contribution >= 0.6 is 0 Å². The van der Waals surface area contributed by atoms with Crippen LogP contribution in [0.3, 0.4) is 0 Å². The lowest BCUT2D eigenvalue weighted by atomic mass is 9.93. The first-order valence-electron chi connectivity index (χ1n) is 10.5. The molecule has 0 bridgehead atoms. The Labute approximate surface area is 177 Å². The number of nitrogens with zero attached hydrogens (tertiary/aromatic N) is 2. The maximum Gasteiger partial charge on any atom is 0.338 e. The Morgan fingerprint density at radius 3 is 2.87 bits per heavy atom. The fraction of sp³-hybridized carbons (Fsp3) is 0.478. The fourth-order valence-electron chi connectivity index (χ4n) is 4.17. The average Bonchev–Trinajstić information content (AvgIpc) is 2.72. The molecule has 1 aromatic rings. The van der Waals surface area contributed by atoms with Crippen molar-refractivity contribution in [3.8, 4) is 0 Å². The predicted octanol–water partition coefficient (Wildman–Crippen LogP) is 3.77. The molecule has 1 N–H and O–H groups in total. The number of hydrogen-bond donors (Lipinski definition) is 1. The van der Waals surface area contributed by atoms with E-state index in [1.165, 1.54) is 23.5 Å². The van der Waals surface area contributed by atoms with Gasteiger partial charge in [-0.05, 0) is 50.9 Å². The second kappa shape index (κ2) is 9.89. The molecule has 1 fully saturated rings.